The van der Waals surface area contributed by atoms with Crippen molar-refractivity contribution in [3.05, 3.63) is 30.3 Å². The molecule has 3 aliphatic heterocycles. The van der Waals surface area contributed by atoms with Gasteiger partial charge in [0.2, 0.25) is 0 Å². The van der Waals surface area contributed by atoms with Crippen LogP contribution in [-0.4, -0.2) is 58.9 Å². The highest BCUT2D eigenvalue weighted by Crippen LogP contribution is 2.46. The fourth-order valence-corrected chi connectivity index (χ4v) is 8.62. The maximum Gasteiger partial charge on any atom is 0.324 e. The van der Waals surface area contributed by atoms with E-state index in [0.29, 0.717) is 25.2 Å². The summed E-state index contributed by atoms with van der Waals surface area (Å²) < 4.78 is 0. The van der Waals surface area contributed by atoms with E-state index in [2.05, 4.69) is 34.1 Å². The van der Waals surface area contributed by atoms with Crippen LogP contribution in [0.15, 0.2) is 30.3 Å². The van der Waals surface area contributed by atoms with Gasteiger partial charge in [0.05, 0.1) is 0 Å². The van der Waals surface area contributed by atoms with Crippen LogP contribution in [0.25, 0.3) is 0 Å². The summed E-state index contributed by atoms with van der Waals surface area (Å²) in [5.74, 6) is 2.13. The number of hydrogen-bond donors (Lipinski definition) is 0. The number of urea groups is 1. The molecule has 7 atom stereocenters. The molecule has 3 saturated heterocycles. The zero-order chi connectivity index (χ0) is 23.9. The zero-order valence-corrected chi connectivity index (χ0v) is 21.5. The highest BCUT2D eigenvalue weighted by Gasteiger charge is 2.47. The van der Waals surface area contributed by atoms with Crippen molar-refractivity contribution in [2.75, 3.05) is 18.0 Å². The second-order valence-electron chi connectivity index (χ2n) is 12.4. The molecule has 1 aromatic carbocycles. The minimum atomic E-state index is 0.00329. The molecule has 2 amide bonds. The molecule has 3 heterocycles. The molecule has 6 rings (SSSR count). The summed E-state index contributed by atoms with van der Waals surface area (Å²) >= 11 is 0. The van der Waals surface area contributed by atoms with Crippen LogP contribution < -0.4 is 4.90 Å². The van der Waals surface area contributed by atoms with Crippen molar-refractivity contribution < 1.29 is 9.59 Å². The van der Waals surface area contributed by atoms with Gasteiger partial charge in [0.1, 0.15) is 5.78 Å². The summed E-state index contributed by atoms with van der Waals surface area (Å²) in [6, 6.07) is 12.7. The van der Waals surface area contributed by atoms with Gasteiger partial charge >= 0.3 is 6.03 Å². The van der Waals surface area contributed by atoms with Crippen LogP contribution >= 0.6 is 0 Å². The van der Waals surface area contributed by atoms with E-state index in [1.807, 2.05) is 11.0 Å². The van der Waals surface area contributed by atoms with Gasteiger partial charge in [-0.25, -0.2) is 4.79 Å². The van der Waals surface area contributed by atoms with E-state index in [9.17, 15) is 9.59 Å². The Balaban J connectivity index is 1.23. The molecule has 0 radical (unpaired) electrons. The van der Waals surface area contributed by atoms with Crippen LogP contribution in [0, 0.1) is 17.8 Å². The van der Waals surface area contributed by atoms with E-state index < -0.39 is 0 Å². The molecule has 5 nitrogen and oxygen atoms in total. The first-order valence-electron chi connectivity index (χ1n) is 14.5. The second kappa shape index (κ2) is 9.88. The molecule has 190 valence electrons. The maximum absolute atomic E-state index is 14.0. The zero-order valence-electron chi connectivity index (χ0n) is 21.5. The van der Waals surface area contributed by atoms with Gasteiger partial charge < -0.3 is 4.90 Å². The average molecular weight is 478 g/mol. The van der Waals surface area contributed by atoms with E-state index >= 15 is 0 Å². The SMILES string of the molecule is CC(=O)[C@@H]1CCN(C(=O)N(c2ccccc2)C2C[C@H]3CCC[C@@H](C2)N3C2C[C@H]3CCC[C@@H](C2)C3)C1. The van der Waals surface area contributed by atoms with Gasteiger partial charge in [0.15, 0.2) is 0 Å². The smallest absolute Gasteiger partial charge is 0.324 e. The van der Waals surface area contributed by atoms with E-state index in [0.717, 1.165) is 42.8 Å². The van der Waals surface area contributed by atoms with Crippen LogP contribution in [0.4, 0.5) is 10.5 Å². The van der Waals surface area contributed by atoms with Crippen molar-refractivity contribution in [1.82, 2.24) is 9.80 Å². The first kappa shape index (κ1) is 23.5. The van der Waals surface area contributed by atoms with Gasteiger partial charge in [-0.1, -0.05) is 43.9 Å². The number of nitrogens with zero attached hydrogens (tertiary/aromatic N) is 3. The minimum Gasteiger partial charge on any atom is -0.324 e. The average Bonchev–Trinajstić information content (AvgIpc) is 3.35. The number of likely N-dealkylation sites (tertiary alicyclic amines) is 1. The normalized spacial score (nSPS) is 37.2. The lowest BCUT2D eigenvalue weighted by molar-refractivity contribution is -0.120. The Morgan fingerprint density at radius 2 is 1.46 bits per heavy atom. The molecular weight excluding hydrogens is 434 g/mol. The van der Waals surface area contributed by atoms with E-state index in [1.165, 1.54) is 57.8 Å². The molecule has 2 aliphatic carbocycles. The molecule has 0 aromatic heterocycles. The Kier molecular flexibility index (Phi) is 6.64. The molecular formula is C30H43N3O2. The van der Waals surface area contributed by atoms with Gasteiger partial charge in [-0.3, -0.25) is 14.6 Å². The Morgan fingerprint density at radius 1 is 0.800 bits per heavy atom. The van der Waals surface area contributed by atoms with Crippen LogP contribution in [0.5, 0.6) is 0 Å². The summed E-state index contributed by atoms with van der Waals surface area (Å²) in [7, 11) is 0. The molecule has 5 fully saturated rings. The van der Waals surface area contributed by atoms with Crippen molar-refractivity contribution in [2.24, 2.45) is 17.8 Å². The number of Topliss-reactive ketones (excluding diaryl/α,β-unsaturated/α-hetero) is 1. The molecule has 35 heavy (non-hydrogen) atoms. The Labute approximate surface area is 211 Å². The quantitative estimate of drug-likeness (QED) is 0.544. The number of carbonyl (C=O) groups is 2. The summed E-state index contributed by atoms with van der Waals surface area (Å²) in [6.07, 6.45) is 15.5. The van der Waals surface area contributed by atoms with Gasteiger partial charge in [-0.2, -0.15) is 0 Å². The molecule has 1 aromatic rings. The molecule has 0 N–H and O–H groups in total. The maximum atomic E-state index is 14.0. The highest BCUT2D eigenvalue weighted by atomic mass is 16.2. The Hall–Kier alpha value is -1.88. The predicted molar refractivity (Wildman–Crippen MR) is 139 cm³/mol. The lowest BCUT2D eigenvalue weighted by atomic mass is 9.68. The molecule has 4 bridgehead atoms. The highest BCUT2D eigenvalue weighted by molar-refractivity contribution is 5.93. The lowest BCUT2D eigenvalue weighted by Gasteiger charge is -2.56. The summed E-state index contributed by atoms with van der Waals surface area (Å²) in [4.78, 5) is 33.0. The molecule has 2 unspecified atom stereocenters. The van der Waals surface area contributed by atoms with Gasteiger partial charge in [-0.05, 0) is 82.3 Å². The number of carbonyl (C=O) groups excluding carboxylic acids is 2. The molecule has 5 aliphatic rings. The number of piperidine rings is 2. The number of benzene rings is 1. The largest absolute Gasteiger partial charge is 0.324 e. The molecule has 5 heteroatoms. The van der Waals surface area contributed by atoms with Crippen LogP contribution in [0.2, 0.25) is 0 Å². The summed E-state index contributed by atoms with van der Waals surface area (Å²) in [5, 5.41) is 0. The van der Waals surface area contributed by atoms with Gasteiger partial charge in [0.25, 0.3) is 0 Å². The number of fused-ring (bicyclic) bond motifs is 4. The first-order valence-corrected chi connectivity index (χ1v) is 14.5. The van der Waals surface area contributed by atoms with Crippen molar-refractivity contribution in [2.45, 2.75) is 108 Å². The Morgan fingerprint density at radius 3 is 2.09 bits per heavy atom. The van der Waals surface area contributed by atoms with Crippen molar-refractivity contribution >= 4 is 17.5 Å². The monoisotopic (exact) mass is 477 g/mol. The third-order valence-corrected chi connectivity index (χ3v) is 10.2. The summed E-state index contributed by atoms with van der Waals surface area (Å²) in [5.41, 5.74) is 1.02. The van der Waals surface area contributed by atoms with Gasteiger partial charge in [-0.15, -0.1) is 0 Å². The third-order valence-electron chi connectivity index (χ3n) is 10.2. The fourth-order valence-electron chi connectivity index (χ4n) is 8.62. The van der Waals surface area contributed by atoms with Crippen LogP contribution in [0.3, 0.4) is 0 Å². The number of hydrogen-bond acceptors (Lipinski definition) is 3. The van der Waals surface area contributed by atoms with Gasteiger partial charge in [0, 0.05) is 48.9 Å². The fraction of sp³-hybridized carbons (Fsp3) is 0.733. The van der Waals surface area contributed by atoms with Crippen LogP contribution in [0.1, 0.15) is 84.0 Å². The van der Waals surface area contributed by atoms with E-state index in [4.69, 9.17) is 0 Å². The summed E-state index contributed by atoms with van der Waals surface area (Å²) in [6.45, 7) is 2.95. The topological polar surface area (TPSA) is 43.9 Å². The predicted octanol–water partition coefficient (Wildman–Crippen LogP) is 5.88. The van der Waals surface area contributed by atoms with Crippen molar-refractivity contribution in [1.29, 1.82) is 0 Å². The van der Waals surface area contributed by atoms with Crippen LogP contribution in [-0.2, 0) is 4.79 Å². The number of amides is 2. The standard InChI is InChI=1S/C30H43N3O2/c1-21(34)24-13-14-31(20-24)30(35)33(25-9-3-2-4-10-25)29-18-26-11-6-12-27(19-29)32(26)28-16-22-7-5-8-23(15-22)17-28/h2-4,9-10,22-24,26-29H,5-8,11-20H2,1H3/t22-,23+,24-,26-,27+,28?,29?/m1/s1. The molecule has 0 spiro atoms. The lowest BCUT2D eigenvalue weighted by Crippen LogP contribution is -2.62. The number of para-hydroxylation sites is 1. The second-order valence-corrected chi connectivity index (χ2v) is 12.4. The number of rotatable bonds is 4. The van der Waals surface area contributed by atoms with Crippen molar-refractivity contribution in [3.63, 3.8) is 0 Å². The Bertz CT molecular complexity index is 893. The number of anilines is 1. The van der Waals surface area contributed by atoms with Crippen molar-refractivity contribution in [3.8, 4) is 0 Å². The number of ketones is 1. The van der Waals surface area contributed by atoms with E-state index in [1.54, 1.807) is 6.92 Å². The van der Waals surface area contributed by atoms with E-state index in [-0.39, 0.29) is 23.8 Å². The molecule has 2 saturated carbocycles. The minimum absolute atomic E-state index is 0.00329. The third kappa shape index (κ3) is 4.65. The first-order chi connectivity index (χ1) is 17.1.